The first-order chi connectivity index (χ1) is 12.9. The fraction of sp³-hybridized carbons (Fsp3) is 0.913. The van der Waals surface area contributed by atoms with Gasteiger partial charge in [-0.2, -0.15) is 0 Å². The lowest BCUT2D eigenvalue weighted by atomic mass is 9.46. The van der Waals surface area contributed by atoms with Gasteiger partial charge in [0, 0.05) is 18.9 Å². The predicted octanol–water partition coefficient (Wildman–Crippen LogP) is 3.88. The van der Waals surface area contributed by atoms with Gasteiger partial charge in [0.2, 0.25) is 11.8 Å². The van der Waals surface area contributed by atoms with Gasteiger partial charge in [0.25, 0.3) is 0 Å². The maximum atomic E-state index is 12.9. The van der Waals surface area contributed by atoms with Crippen LogP contribution in [-0.4, -0.2) is 18.4 Å². The van der Waals surface area contributed by atoms with E-state index in [9.17, 15) is 9.59 Å². The smallest absolute Gasteiger partial charge is 0.221 e. The van der Waals surface area contributed by atoms with Crippen LogP contribution in [0.3, 0.4) is 0 Å². The summed E-state index contributed by atoms with van der Waals surface area (Å²) in [4.78, 5) is 25.6. The van der Waals surface area contributed by atoms with Gasteiger partial charge in [-0.25, -0.2) is 0 Å². The number of carbonyl (C=O) groups is 2. The van der Waals surface area contributed by atoms with Gasteiger partial charge >= 0.3 is 0 Å². The third-order valence-corrected chi connectivity index (χ3v) is 8.47. The van der Waals surface area contributed by atoms with Crippen molar-refractivity contribution in [1.82, 2.24) is 5.32 Å². The molecule has 0 aromatic carbocycles. The molecule has 1 unspecified atom stereocenters. The fourth-order valence-electron chi connectivity index (χ4n) is 7.79. The Morgan fingerprint density at radius 1 is 1.00 bits per heavy atom. The lowest BCUT2D eigenvalue weighted by Crippen LogP contribution is -2.55. The maximum absolute atomic E-state index is 12.9. The minimum absolute atomic E-state index is 0.0974. The molecule has 3 N–H and O–H groups in total. The number of amides is 2. The van der Waals surface area contributed by atoms with E-state index in [0.717, 1.165) is 37.5 Å². The molecular formula is C23H38N2O2. The van der Waals surface area contributed by atoms with Crippen LogP contribution in [0.15, 0.2) is 0 Å². The number of nitrogens with two attached hydrogens (primary N) is 1. The Kier molecular flexibility index (Phi) is 5.28. The van der Waals surface area contributed by atoms with E-state index in [1.54, 1.807) is 0 Å². The van der Waals surface area contributed by atoms with Crippen LogP contribution in [0.2, 0.25) is 0 Å². The van der Waals surface area contributed by atoms with Gasteiger partial charge < -0.3 is 11.1 Å². The molecule has 5 aliphatic carbocycles. The second-order valence-electron chi connectivity index (χ2n) is 10.8. The van der Waals surface area contributed by atoms with Crippen LogP contribution >= 0.6 is 0 Å². The molecule has 5 saturated carbocycles. The second-order valence-corrected chi connectivity index (χ2v) is 10.8. The quantitative estimate of drug-likeness (QED) is 0.710. The largest absolute Gasteiger partial charge is 0.369 e. The van der Waals surface area contributed by atoms with Gasteiger partial charge in [-0.15, -0.1) is 0 Å². The van der Waals surface area contributed by atoms with Crippen molar-refractivity contribution in [3.63, 3.8) is 0 Å². The molecular weight excluding hydrogens is 336 g/mol. The Hall–Kier alpha value is -1.06. The van der Waals surface area contributed by atoms with Crippen molar-refractivity contribution < 1.29 is 9.59 Å². The third-order valence-electron chi connectivity index (χ3n) is 8.47. The average Bonchev–Trinajstić information content (AvgIpc) is 3.04. The van der Waals surface area contributed by atoms with E-state index in [0.29, 0.717) is 36.6 Å². The Balaban J connectivity index is 1.57. The number of primary amides is 1. The van der Waals surface area contributed by atoms with Gasteiger partial charge in [0.15, 0.2) is 0 Å². The molecule has 5 rings (SSSR count). The first-order valence-electron chi connectivity index (χ1n) is 11.4. The molecule has 0 heterocycles. The van der Waals surface area contributed by atoms with Crippen LogP contribution in [0.5, 0.6) is 0 Å². The molecule has 0 spiro atoms. The molecule has 0 aromatic rings. The Labute approximate surface area is 164 Å². The minimum atomic E-state index is -0.188. The van der Waals surface area contributed by atoms with Crippen molar-refractivity contribution in [2.75, 3.05) is 6.54 Å². The zero-order valence-electron chi connectivity index (χ0n) is 17.2. The minimum Gasteiger partial charge on any atom is -0.369 e. The van der Waals surface area contributed by atoms with E-state index in [1.807, 2.05) is 0 Å². The number of carbonyl (C=O) groups excluding carboxylic acids is 2. The van der Waals surface area contributed by atoms with E-state index in [1.165, 1.54) is 32.1 Å². The summed E-state index contributed by atoms with van der Waals surface area (Å²) in [6.07, 6.45) is 11.4. The summed E-state index contributed by atoms with van der Waals surface area (Å²) >= 11 is 0. The summed E-state index contributed by atoms with van der Waals surface area (Å²) in [6.45, 7) is 4.95. The van der Waals surface area contributed by atoms with E-state index in [-0.39, 0.29) is 23.1 Å². The molecule has 27 heavy (non-hydrogen) atoms. The summed E-state index contributed by atoms with van der Waals surface area (Å²) in [5, 5.41) is 3.10. The van der Waals surface area contributed by atoms with Crippen LogP contribution in [0, 0.1) is 46.8 Å². The van der Waals surface area contributed by atoms with Crippen molar-refractivity contribution in [3.05, 3.63) is 0 Å². The maximum Gasteiger partial charge on any atom is 0.221 e. The molecule has 2 amide bonds. The van der Waals surface area contributed by atoms with Crippen molar-refractivity contribution >= 4 is 11.8 Å². The van der Waals surface area contributed by atoms with Crippen molar-refractivity contribution in [2.24, 2.45) is 52.6 Å². The Morgan fingerprint density at radius 2 is 1.56 bits per heavy atom. The molecule has 152 valence electrons. The fourth-order valence-corrected chi connectivity index (χ4v) is 7.79. The highest BCUT2D eigenvalue weighted by molar-refractivity contribution is 5.81. The third kappa shape index (κ3) is 3.65. The molecule has 0 saturated heterocycles. The molecule has 5 aliphatic rings. The highest BCUT2D eigenvalue weighted by atomic mass is 16.2. The van der Waals surface area contributed by atoms with Crippen molar-refractivity contribution in [2.45, 2.75) is 78.1 Å². The van der Waals surface area contributed by atoms with Crippen LogP contribution < -0.4 is 11.1 Å². The normalized spacial score (nSPS) is 37.5. The zero-order valence-corrected chi connectivity index (χ0v) is 17.2. The molecule has 4 bridgehead atoms. The predicted molar refractivity (Wildman–Crippen MR) is 107 cm³/mol. The van der Waals surface area contributed by atoms with Crippen LogP contribution in [-0.2, 0) is 9.59 Å². The molecule has 1 atom stereocenters. The highest BCUT2D eigenvalue weighted by Crippen LogP contribution is 2.62. The SMILES string of the molecule is CC(C)CNC(=O)CC1(C(C(N)=O)C2C3CC4CC(C3)CC2C4)CCCC1. The average molecular weight is 375 g/mol. The molecule has 0 radical (unpaired) electrons. The van der Waals surface area contributed by atoms with Crippen LogP contribution in [0.4, 0.5) is 0 Å². The molecule has 4 heteroatoms. The number of nitrogens with one attached hydrogen (secondary N) is 1. The second kappa shape index (κ2) is 7.40. The number of rotatable bonds is 7. The van der Waals surface area contributed by atoms with Gasteiger partial charge in [-0.05, 0) is 85.9 Å². The number of hydrogen-bond acceptors (Lipinski definition) is 2. The highest BCUT2D eigenvalue weighted by Gasteiger charge is 2.57. The summed E-state index contributed by atoms with van der Waals surface area (Å²) in [7, 11) is 0. The first-order valence-corrected chi connectivity index (χ1v) is 11.4. The zero-order chi connectivity index (χ0) is 19.2. The molecule has 5 fully saturated rings. The van der Waals surface area contributed by atoms with Crippen molar-refractivity contribution in [3.8, 4) is 0 Å². The van der Waals surface area contributed by atoms with E-state index in [4.69, 9.17) is 5.73 Å². The lowest BCUT2D eigenvalue weighted by molar-refractivity contribution is -0.145. The van der Waals surface area contributed by atoms with E-state index in [2.05, 4.69) is 19.2 Å². The first kappa shape index (κ1) is 19.3. The van der Waals surface area contributed by atoms with Gasteiger partial charge in [0.1, 0.15) is 0 Å². The van der Waals surface area contributed by atoms with Crippen LogP contribution in [0.1, 0.15) is 78.1 Å². The molecule has 0 aromatic heterocycles. The summed E-state index contributed by atoms with van der Waals surface area (Å²) < 4.78 is 0. The van der Waals surface area contributed by atoms with E-state index < -0.39 is 0 Å². The molecule has 0 aliphatic heterocycles. The van der Waals surface area contributed by atoms with Crippen molar-refractivity contribution in [1.29, 1.82) is 0 Å². The Morgan fingerprint density at radius 3 is 2.04 bits per heavy atom. The lowest BCUT2D eigenvalue weighted by Gasteiger charge is -2.58. The monoisotopic (exact) mass is 374 g/mol. The summed E-state index contributed by atoms with van der Waals surface area (Å²) in [5.74, 6) is 3.94. The molecule has 4 nitrogen and oxygen atoms in total. The van der Waals surface area contributed by atoms with Crippen LogP contribution in [0.25, 0.3) is 0 Å². The van der Waals surface area contributed by atoms with E-state index >= 15 is 0 Å². The van der Waals surface area contributed by atoms with Gasteiger partial charge in [-0.1, -0.05) is 26.7 Å². The van der Waals surface area contributed by atoms with Gasteiger partial charge in [-0.3, -0.25) is 9.59 Å². The standard InChI is InChI=1S/C23H38N2O2/c1-14(2)13-25-19(26)12-23(5-3-4-6-23)21(22(24)27)20-17-8-15-7-16(10-17)11-18(20)9-15/h14-18,20-21H,3-13H2,1-2H3,(H2,24,27)(H,25,26). The number of hydrogen-bond donors (Lipinski definition) is 2. The Bertz CT molecular complexity index is 551. The van der Waals surface area contributed by atoms with Gasteiger partial charge in [0.05, 0.1) is 0 Å². The summed E-state index contributed by atoms with van der Waals surface area (Å²) in [6, 6.07) is 0. The topological polar surface area (TPSA) is 72.2 Å². The summed E-state index contributed by atoms with van der Waals surface area (Å²) in [5.41, 5.74) is 5.92.